The Kier molecular flexibility index (Phi) is 2.18. The van der Waals surface area contributed by atoms with Crippen molar-refractivity contribution >= 4 is 11.1 Å². The van der Waals surface area contributed by atoms with Crippen LogP contribution in [0.25, 0.3) is 11.1 Å². The second kappa shape index (κ2) is 3.66. The van der Waals surface area contributed by atoms with Gasteiger partial charge in [-0.05, 0) is 31.5 Å². The van der Waals surface area contributed by atoms with Crippen LogP contribution in [0.2, 0.25) is 0 Å². The minimum Gasteiger partial charge on any atom is -0.439 e. The first kappa shape index (κ1) is 8.92. The van der Waals surface area contributed by atoms with Crippen molar-refractivity contribution in [2.24, 2.45) is 0 Å². The summed E-state index contributed by atoms with van der Waals surface area (Å²) in [5.41, 5.74) is 1.85. The van der Waals surface area contributed by atoms with E-state index < -0.39 is 0 Å². The number of nitrogens with one attached hydrogen (secondary N) is 1. The summed E-state index contributed by atoms with van der Waals surface area (Å²) in [6.45, 7) is 1.07. The summed E-state index contributed by atoms with van der Waals surface area (Å²) >= 11 is 0. The zero-order valence-electron chi connectivity index (χ0n) is 8.57. The number of hydrogen-bond acceptors (Lipinski definition) is 3. The second-order valence-corrected chi connectivity index (χ2v) is 4.02. The molecule has 3 nitrogen and oxygen atoms in total. The Labute approximate surface area is 88.5 Å². The van der Waals surface area contributed by atoms with Crippen molar-refractivity contribution < 1.29 is 4.42 Å². The van der Waals surface area contributed by atoms with Crippen LogP contribution < -0.4 is 5.32 Å². The van der Waals surface area contributed by atoms with Gasteiger partial charge in [0.15, 0.2) is 5.58 Å². The molecule has 1 fully saturated rings. The summed E-state index contributed by atoms with van der Waals surface area (Å²) in [5.74, 6) is 0.843. The lowest BCUT2D eigenvalue weighted by molar-refractivity contribution is 0.347. The van der Waals surface area contributed by atoms with E-state index in [2.05, 4.69) is 10.3 Å². The lowest BCUT2D eigenvalue weighted by atomic mass is 10.1. The average Bonchev–Trinajstić information content (AvgIpc) is 2.74. The molecule has 3 heteroatoms. The van der Waals surface area contributed by atoms with Crippen LogP contribution in [0.5, 0.6) is 0 Å². The molecular weight excluding hydrogens is 188 g/mol. The number of oxazole rings is 1. The number of para-hydroxylation sites is 2. The molecule has 0 amide bonds. The number of rotatable bonds is 1. The highest BCUT2D eigenvalue weighted by Gasteiger charge is 2.19. The van der Waals surface area contributed by atoms with Crippen molar-refractivity contribution in [1.82, 2.24) is 10.3 Å². The maximum absolute atomic E-state index is 5.73. The summed E-state index contributed by atoms with van der Waals surface area (Å²) in [4.78, 5) is 4.51. The van der Waals surface area contributed by atoms with E-state index >= 15 is 0 Å². The Morgan fingerprint density at radius 1 is 1.27 bits per heavy atom. The summed E-state index contributed by atoms with van der Waals surface area (Å²) in [5, 5.41) is 3.44. The first-order chi connectivity index (χ1) is 7.43. The molecule has 0 saturated carbocycles. The molecule has 3 rings (SSSR count). The van der Waals surface area contributed by atoms with Crippen molar-refractivity contribution in [3.8, 4) is 0 Å². The topological polar surface area (TPSA) is 38.1 Å². The summed E-state index contributed by atoms with van der Waals surface area (Å²) < 4.78 is 5.73. The third-order valence-electron chi connectivity index (χ3n) is 2.92. The Morgan fingerprint density at radius 3 is 3.00 bits per heavy atom. The maximum Gasteiger partial charge on any atom is 0.212 e. The first-order valence-corrected chi connectivity index (χ1v) is 5.52. The second-order valence-electron chi connectivity index (χ2n) is 4.02. The van der Waals surface area contributed by atoms with E-state index in [4.69, 9.17) is 4.42 Å². The van der Waals surface area contributed by atoms with Crippen LogP contribution in [-0.4, -0.2) is 11.5 Å². The lowest BCUT2D eigenvalue weighted by Crippen LogP contribution is -2.26. The van der Waals surface area contributed by atoms with Gasteiger partial charge < -0.3 is 9.73 Å². The van der Waals surface area contributed by atoms with Crippen molar-refractivity contribution in [3.63, 3.8) is 0 Å². The molecule has 0 spiro atoms. The minimum atomic E-state index is 0.311. The van der Waals surface area contributed by atoms with Crippen molar-refractivity contribution in [2.75, 3.05) is 6.54 Å². The Balaban J connectivity index is 1.96. The number of aromatic nitrogens is 1. The van der Waals surface area contributed by atoms with Gasteiger partial charge in [-0.25, -0.2) is 4.98 Å². The Hall–Kier alpha value is -1.35. The van der Waals surface area contributed by atoms with Crippen molar-refractivity contribution in [3.05, 3.63) is 30.2 Å². The number of benzene rings is 1. The molecule has 1 saturated heterocycles. The fourth-order valence-corrected chi connectivity index (χ4v) is 2.10. The highest BCUT2D eigenvalue weighted by molar-refractivity contribution is 5.72. The SMILES string of the molecule is c1ccc2oc(C3CCCCN3)nc2c1. The highest BCUT2D eigenvalue weighted by Crippen LogP contribution is 2.25. The third-order valence-corrected chi connectivity index (χ3v) is 2.92. The van der Waals surface area contributed by atoms with E-state index in [1.807, 2.05) is 24.3 Å². The number of nitrogens with zero attached hydrogens (tertiary/aromatic N) is 1. The zero-order valence-corrected chi connectivity index (χ0v) is 8.57. The standard InChI is InChI=1S/C12H14N2O/c1-2-7-11-9(5-1)14-12(15-11)10-6-3-4-8-13-10/h1-2,5,7,10,13H,3-4,6,8H2. The van der Waals surface area contributed by atoms with Gasteiger partial charge in [0.1, 0.15) is 5.52 Å². The Bertz CT molecular complexity index is 424. The molecule has 1 aromatic carbocycles. The smallest absolute Gasteiger partial charge is 0.212 e. The van der Waals surface area contributed by atoms with Gasteiger partial charge >= 0.3 is 0 Å². The fraction of sp³-hybridized carbons (Fsp3) is 0.417. The van der Waals surface area contributed by atoms with Gasteiger partial charge in [0, 0.05) is 0 Å². The predicted molar refractivity (Wildman–Crippen MR) is 58.6 cm³/mol. The quantitative estimate of drug-likeness (QED) is 0.772. The van der Waals surface area contributed by atoms with Gasteiger partial charge in [-0.2, -0.15) is 0 Å². The molecule has 2 heterocycles. The molecular formula is C12H14N2O. The molecule has 1 aliphatic rings. The molecule has 1 unspecified atom stereocenters. The van der Waals surface area contributed by atoms with Crippen LogP contribution >= 0.6 is 0 Å². The van der Waals surface area contributed by atoms with E-state index in [0.717, 1.165) is 30.0 Å². The van der Waals surface area contributed by atoms with E-state index in [1.54, 1.807) is 0 Å². The monoisotopic (exact) mass is 202 g/mol. The van der Waals surface area contributed by atoms with Crippen LogP contribution in [0.4, 0.5) is 0 Å². The van der Waals surface area contributed by atoms with Crippen LogP contribution in [-0.2, 0) is 0 Å². The summed E-state index contributed by atoms with van der Waals surface area (Å²) in [6, 6.07) is 8.24. The maximum atomic E-state index is 5.73. The summed E-state index contributed by atoms with van der Waals surface area (Å²) in [7, 11) is 0. The Morgan fingerprint density at radius 2 is 2.20 bits per heavy atom. The van der Waals surface area contributed by atoms with E-state index in [0.29, 0.717) is 6.04 Å². The molecule has 78 valence electrons. The molecule has 1 N–H and O–H groups in total. The molecule has 0 aliphatic carbocycles. The molecule has 1 atom stereocenters. The zero-order chi connectivity index (χ0) is 10.1. The fourth-order valence-electron chi connectivity index (χ4n) is 2.10. The lowest BCUT2D eigenvalue weighted by Gasteiger charge is -2.19. The van der Waals surface area contributed by atoms with Crippen molar-refractivity contribution in [2.45, 2.75) is 25.3 Å². The first-order valence-electron chi connectivity index (χ1n) is 5.52. The molecule has 1 aromatic heterocycles. The predicted octanol–water partition coefficient (Wildman–Crippen LogP) is 2.64. The van der Waals surface area contributed by atoms with E-state index in [9.17, 15) is 0 Å². The van der Waals surface area contributed by atoms with Crippen LogP contribution in [0.1, 0.15) is 31.2 Å². The normalized spacial score (nSPS) is 22.0. The average molecular weight is 202 g/mol. The van der Waals surface area contributed by atoms with Gasteiger partial charge in [-0.1, -0.05) is 18.6 Å². The van der Waals surface area contributed by atoms with Crippen LogP contribution in [0.15, 0.2) is 28.7 Å². The van der Waals surface area contributed by atoms with E-state index in [-0.39, 0.29) is 0 Å². The molecule has 1 aliphatic heterocycles. The molecule has 2 aromatic rings. The summed E-state index contributed by atoms with van der Waals surface area (Å²) in [6.07, 6.45) is 3.65. The van der Waals surface area contributed by atoms with Crippen LogP contribution in [0, 0.1) is 0 Å². The van der Waals surface area contributed by atoms with Crippen molar-refractivity contribution in [1.29, 1.82) is 0 Å². The van der Waals surface area contributed by atoms with Crippen LogP contribution in [0.3, 0.4) is 0 Å². The number of hydrogen-bond donors (Lipinski definition) is 1. The van der Waals surface area contributed by atoms with E-state index in [1.165, 1.54) is 12.8 Å². The number of piperidine rings is 1. The number of fused-ring (bicyclic) bond motifs is 1. The third kappa shape index (κ3) is 1.63. The van der Waals surface area contributed by atoms with Gasteiger partial charge in [0.25, 0.3) is 0 Å². The molecule has 15 heavy (non-hydrogen) atoms. The molecule has 0 radical (unpaired) electrons. The largest absolute Gasteiger partial charge is 0.439 e. The molecule has 0 bridgehead atoms. The van der Waals surface area contributed by atoms with Gasteiger partial charge in [0.2, 0.25) is 5.89 Å². The minimum absolute atomic E-state index is 0.311. The van der Waals surface area contributed by atoms with Gasteiger partial charge in [0.05, 0.1) is 6.04 Å². The van der Waals surface area contributed by atoms with Gasteiger partial charge in [-0.15, -0.1) is 0 Å². The van der Waals surface area contributed by atoms with Gasteiger partial charge in [-0.3, -0.25) is 0 Å². The highest BCUT2D eigenvalue weighted by atomic mass is 16.3.